The Labute approximate surface area is 235 Å². The third-order valence-corrected chi connectivity index (χ3v) is 6.73. The number of aliphatic hydroxyl groups is 1. The van der Waals surface area contributed by atoms with Crippen molar-refractivity contribution in [1.29, 1.82) is 0 Å². The predicted molar refractivity (Wildman–Crippen MR) is 152 cm³/mol. The molecule has 0 aliphatic carbocycles. The van der Waals surface area contributed by atoms with Crippen LogP contribution in [0.15, 0.2) is 72.6 Å². The van der Waals surface area contributed by atoms with Crippen molar-refractivity contribution in [3.8, 4) is 17.2 Å². The average Bonchev–Trinajstić information content (AvgIpc) is 3.23. The highest BCUT2D eigenvalue weighted by Gasteiger charge is 2.46. The van der Waals surface area contributed by atoms with Crippen LogP contribution in [0.1, 0.15) is 62.3 Å². The molecule has 2 heterocycles. The Balaban J connectivity index is 1.79. The first-order valence-electron chi connectivity index (χ1n) is 13.7. The molecule has 0 spiro atoms. The minimum atomic E-state index is -0.851. The molecule has 40 heavy (non-hydrogen) atoms. The summed E-state index contributed by atoms with van der Waals surface area (Å²) in [5.41, 5.74) is 1.82. The summed E-state index contributed by atoms with van der Waals surface area (Å²) in [5, 5.41) is 11.5. The minimum absolute atomic E-state index is 0.00497. The molecule has 1 unspecified atom stereocenters. The molecule has 0 bridgehead atoms. The lowest BCUT2D eigenvalue weighted by molar-refractivity contribution is -0.140. The lowest BCUT2D eigenvalue weighted by atomic mass is 9.94. The SMILES string of the molecule is CCCCCOc1ccc(C2/C(=C(\O)c3cccc(OCCC)c3)C(=O)C(=O)N2Cc2ccncc2)cc1OC. The standard InChI is InChI=1S/C32H36N2O6/c1-4-6-7-18-40-26-12-11-23(20-27(26)38-3)29-28(30(35)24-9-8-10-25(19-24)39-17-5-2)31(36)32(37)34(29)21-22-13-15-33-16-14-22/h8-16,19-20,29,35H,4-7,17-18,21H2,1-3H3/b30-28+. The van der Waals surface area contributed by atoms with Crippen molar-refractivity contribution < 1.29 is 28.9 Å². The van der Waals surface area contributed by atoms with Gasteiger partial charge in [-0.25, -0.2) is 0 Å². The second kappa shape index (κ2) is 13.6. The van der Waals surface area contributed by atoms with Gasteiger partial charge in [0.05, 0.1) is 31.9 Å². The summed E-state index contributed by atoms with van der Waals surface area (Å²) in [5.74, 6) is -0.0790. The molecule has 3 aromatic rings. The number of pyridine rings is 1. The summed E-state index contributed by atoms with van der Waals surface area (Å²) < 4.78 is 17.3. The van der Waals surface area contributed by atoms with Gasteiger partial charge in [0, 0.05) is 24.5 Å². The normalized spacial score (nSPS) is 16.3. The number of carbonyl (C=O) groups is 2. The number of hydrogen-bond acceptors (Lipinski definition) is 7. The summed E-state index contributed by atoms with van der Waals surface area (Å²) in [6.07, 6.45) is 7.18. The van der Waals surface area contributed by atoms with E-state index in [0.717, 1.165) is 31.2 Å². The number of likely N-dealkylation sites (tertiary alicyclic amines) is 1. The molecule has 1 aliphatic rings. The number of benzene rings is 2. The van der Waals surface area contributed by atoms with Crippen LogP contribution in [0, 0.1) is 0 Å². The van der Waals surface area contributed by atoms with Gasteiger partial charge in [0.15, 0.2) is 11.5 Å². The second-order valence-electron chi connectivity index (χ2n) is 9.62. The molecule has 0 saturated carbocycles. The van der Waals surface area contributed by atoms with E-state index in [1.807, 2.05) is 13.0 Å². The molecule has 210 valence electrons. The quantitative estimate of drug-likeness (QED) is 0.121. The molecular weight excluding hydrogens is 508 g/mol. The Morgan fingerprint density at radius 2 is 1.73 bits per heavy atom. The predicted octanol–water partition coefficient (Wildman–Crippen LogP) is 6.07. The van der Waals surface area contributed by atoms with Gasteiger partial charge in [0.2, 0.25) is 0 Å². The van der Waals surface area contributed by atoms with Crippen molar-refractivity contribution in [2.45, 2.75) is 52.1 Å². The van der Waals surface area contributed by atoms with Crippen LogP contribution in [0.4, 0.5) is 0 Å². The van der Waals surface area contributed by atoms with Gasteiger partial charge >= 0.3 is 0 Å². The summed E-state index contributed by atoms with van der Waals surface area (Å²) in [4.78, 5) is 32.4. The Kier molecular flexibility index (Phi) is 9.78. The number of rotatable bonds is 13. The van der Waals surface area contributed by atoms with Crippen LogP contribution in [0.5, 0.6) is 17.2 Å². The van der Waals surface area contributed by atoms with Gasteiger partial charge in [-0.3, -0.25) is 14.6 Å². The molecule has 4 rings (SSSR count). The molecule has 8 nitrogen and oxygen atoms in total. The Bertz CT molecular complexity index is 1350. The molecule has 8 heteroatoms. The van der Waals surface area contributed by atoms with Gasteiger partial charge in [0.1, 0.15) is 11.5 Å². The maximum Gasteiger partial charge on any atom is 0.295 e. The van der Waals surface area contributed by atoms with Crippen LogP contribution in [-0.2, 0) is 16.1 Å². The van der Waals surface area contributed by atoms with E-state index >= 15 is 0 Å². The van der Waals surface area contributed by atoms with Crippen molar-refractivity contribution in [2.24, 2.45) is 0 Å². The molecule has 1 N–H and O–H groups in total. The molecule has 2 aromatic carbocycles. The highest BCUT2D eigenvalue weighted by Crippen LogP contribution is 2.43. The first-order valence-corrected chi connectivity index (χ1v) is 13.7. The first kappa shape index (κ1) is 28.7. The number of ketones is 1. The lowest BCUT2D eigenvalue weighted by Crippen LogP contribution is -2.29. The molecular formula is C32H36N2O6. The van der Waals surface area contributed by atoms with Crippen LogP contribution in [0.25, 0.3) is 5.76 Å². The van der Waals surface area contributed by atoms with Gasteiger partial charge in [-0.15, -0.1) is 0 Å². The zero-order valence-electron chi connectivity index (χ0n) is 23.3. The summed E-state index contributed by atoms with van der Waals surface area (Å²) in [6.45, 7) is 5.37. The fourth-order valence-electron chi connectivity index (χ4n) is 4.69. The first-order chi connectivity index (χ1) is 19.5. The topological polar surface area (TPSA) is 98.2 Å². The number of unbranched alkanes of at least 4 members (excludes halogenated alkanes) is 2. The molecule has 1 saturated heterocycles. The third kappa shape index (κ3) is 6.45. The van der Waals surface area contributed by atoms with E-state index < -0.39 is 17.7 Å². The number of hydrogen-bond donors (Lipinski definition) is 1. The molecule has 1 atom stereocenters. The number of aliphatic hydroxyl groups excluding tert-OH is 1. The van der Waals surface area contributed by atoms with E-state index in [-0.39, 0.29) is 17.9 Å². The van der Waals surface area contributed by atoms with Crippen molar-refractivity contribution >= 4 is 17.4 Å². The minimum Gasteiger partial charge on any atom is -0.507 e. The highest BCUT2D eigenvalue weighted by atomic mass is 16.5. The molecule has 1 amide bonds. The Hall–Kier alpha value is -4.33. The van der Waals surface area contributed by atoms with Gasteiger partial charge in [-0.1, -0.05) is 44.9 Å². The van der Waals surface area contributed by atoms with E-state index in [2.05, 4.69) is 11.9 Å². The van der Waals surface area contributed by atoms with E-state index in [1.54, 1.807) is 68.0 Å². The Morgan fingerprint density at radius 1 is 0.925 bits per heavy atom. The van der Waals surface area contributed by atoms with Crippen LogP contribution in [-0.4, -0.2) is 47.0 Å². The number of Topliss-reactive ketones (excluding diaryl/α,β-unsaturated/α-hetero) is 1. The zero-order chi connectivity index (χ0) is 28.5. The highest BCUT2D eigenvalue weighted by molar-refractivity contribution is 6.46. The lowest BCUT2D eigenvalue weighted by Gasteiger charge is -2.26. The number of carbonyl (C=O) groups excluding carboxylic acids is 2. The fraction of sp³-hybridized carbons (Fsp3) is 0.344. The van der Waals surface area contributed by atoms with Gasteiger partial charge < -0.3 is 24.2 Å². The molecule has 1 aromatic heterocycles. The molecule has 1 aliphatic heterocycles. The van der Waals surface area contributed by atoms with E-state index in [1.165, 1.54) is 4.90 Å². The third-order valence-electron chi connectivity index (χ3n) is 6.73. The largest absolute Gasteiger partial charge is 0.507 e. The van der Waals surface area contributed by atoms with Crippen LogP contribution in [0.2, 0.25) is 0 Å². The average molecular weight is 545 g/mol. The second-order valence-corrected chi connectivity index (χ2v) is 9.62. The zero-order valence-corrected chi connectivity index (χ0v) is 23.3. The molecule has 0 radical (unpaired) electrons. The van der Waals surface area contributed by atoms with E-state index in [9.17, 15) is 14.7 Å². The van der Waals surface area contributed by atoms with Crippen LogP contribution < -0.4 is 14.2 Å². The number of nitrogens with zero attached hydrogens (tertiary/aromatic N) is 2. The monoisotopic (exact) mass is 544 g/mol. The smallest absolute Gasteiger partial charge is 0.295 e. The van der Waals surface area contributed by atoms with E-state index in [0.29, 0.717) is 41.6 Å². The number of ether oxygens (including phenoxy) is 3. The van der Waals surface area contributed by atoms with Gasteiger partial charge in [0.25, 0.3) is 11.7 Å². The van der Waals surface area contributed by atoms with Gasteiger partial charge in [-0.05, 0) is 60.4 Å². The maximum atomic E-state index is 13.5. The van der Waals surface area contributed by atoms with Crippen LogP contribution >= 0.6 is 0 Å². The maximum absolute atomic E-state index is 13.5. The Morgan fingerprint density at radius 3 is 2.45 bits per heavy atom. The summed E-state index contributed by atoms with van der Waals surface area (Å²) >= 11 is 0. The van der Waals surface area contributed by atoms with Crippen molar-refractivity contribution in [2.75, 3.05) is 20.3 Å². The van der Waals surface area contributed by atoms with E-state index in [4.69, 9.17) is 14.2 Å². The molecule has 1 fully saturated rings. The number of aromatic nitrogens is 1. The van der Waals surface area contributed by atoms with Crippen LogP contribution in [0.3, 0.4) is 0 Å². The number of methoxy groups -OCH3 is 1. The van der Waals surface area contributed by atoms with Crippen molar-refractivity contribution in [1.82, 2.24) is 9.88 Å². The summed E-state index contributed by atoms with van der Waals surface area (Å²) in [7, 11) is 1.55. The summed E-state index contributed by atoms with van der Waals surface area (Å²) in [6, 6.07) is 15.0. The fourth-order valence-corrected chi connectivity index (χ4v) is 4.69. The van der Waals surface area contributed by atoms with Crippen molar-refractivity contribution in [3.63, 3.8) is 0 Å². The van der Waals surface area contributed by atoms with Crippen molar-refractivity contribution in [3.05, 3.63) is 89.3 Å². The number of amides is 1. The van der Waals surface area contributed by atoms with Gasteiger partial charge in [-0.2, -0.15) is 0 Å².